The standard InChI is InChI=1S/C24H18N2O8/c1-32-23(30)14-8-15(24(31)33-2)10-16(9-14)25-20(27)13-5-6-18-19(11-13)22(29)26(21(18)28)12-17-4-3-7-34-17/h3-11H,12H2,1-2H3,(H,25,27). The van der Waals surface area contributed by atoms with E-state index in [1.807, 2.05) is 0 Å². The molecule has 3 amide bonds. The van der Waals surface area contributed by atoms with Gasteiger partial charge in [0.15, 0.2) is 0 Å². The lowest BCUT2D eigenvalue weighted by atomic mass is 10.0. The Morgan fingerprint density at radius 2 is 1.50 bits per heavy atom. The third-order valence-electron chi connectivity index (χ3n) is 5.16. The minimum atomic E-state index is -0.709. The first kappa shape index (κ1) is 22.5. The predicted molar refractivity (Wildman–Crippen MR) is 116 cm³/mol. The van der Waals surface area contributed by atoms with E-state index < -0.39 is 29.7 Å². The van der Waals surface area contributed by atoms with E-state index in [9.17, 15) is 24.0 Å². The van der Waals surface area contributed by atoms with Crippen molar-refractivity contribution in [3.05, 3.63) is 88.4 Å². The first-order valence-electron chi connectivity index (χ1n) is 9.98. The monoisotopic (exact) mass is 462 g/mol. The van der Waals surface area contributed by atoms with Crippen LogP contribution >= 0.6 is 0 Å². The Bertz CT molecular complexity index is 1290. The van der Waals surface area contributed by atoms with Gasteiger partial charge < -0.3 is 19.2 Å². The Labute approximate surface area is 193 Å². The highest BCUT2D eigenvalue weighted by molar-refractivity contribution is 6.22. The van der Waals surface area contributed by atoms with Crippen LogP contribution in [0, 0.1) is 0 Å². The van der Waals surface area contributed by atoms with E-state index in [0.29, 0.717) is 5.76 Å². The number of carbonyl (C=O) groups is 5. The van der Waals surface area contributed by atoms with Crippen LogP contribution in [-0.2, 0) is 16.0 Å². The highest BCUT2D eigenvalue weighted by Crippen LogP contribution is 2.26. The van der Waals surface area contributed by atoms with Crippen molar-refractivity contribution < 1.29 is 37.9 Å². The summed E-state index contributed by atoms with van der Waals surface area (Å²) in [6.45, 7) is -0.0303. The van der Waals surface area contributed by atoms with Crippen molar-refractivity contribution in [3.63, 3.8) is 0 Å². The lowest BCUT2D eigenvalue weighted by Crippen LogP contribution is -2.28. The normalized spacial score (nSPS) is 12.4. The maximum atomic E-state index is 12.9. The summed E-state index contributed by atoms with van der Waals surface area (Å²) >= 11 is 0. The Hall–Kier alpha value is -4.73. The third-order valence-corrected chi connectivity index (χ3v) is 5.16. The smallest absolute Gasteiger partial charge is 0.337 e. The van der Waals surface area contributed by atoms with Crippen molar-refractivity contribution >= 4 is 35.3 Å². The summed E-state index contributed by atoms with van der Waals surface area (Å²) < 4.78 is 14.6. The minimum absolute atomic E-state index is 0.0303. The lowest BCUT2D eigenvalue weighted by molar-refractivity contribution is 0.0592. The number of carbonyl (C=O) groups excluding carboxylic acids is 5. The molecule has 172 valence electrons. The van der Waals surface area contributed by atoms with Gasteiger partial charge in [-0.1, -0.05) is 0 Å². The van der Waals surface area contributed by atoms with Gasteiger partial charge in [0.05, 0.1) is 49.3 Å². The number of furan rings is 1. The predicted octanol–water partition coefficient (Wildman–Crippen LogP) is 2.90. The number of imide groups is 1. The fourth-order valence-corrected chi connectivity index (χ4v) is 3.51. The van der Waals surface area contributed by atoms with Gasteiger partial charge in [-0.2, -0.15) is 0 Å². The molecule has 1 aliphatic heterocycles. The highest BCUT2D eigenvalue weighted by atomic mass is 16.5. The van der Waals surface area contributed by atoms with Crippen molar-refractivity contribution in [2.45, 2.75) is 6.54 Å². The first-order chi connectivity index (χ1) is 16.3. The van der Waals surface area contributed by atoms with Gasteiger partial charge in [0.25, 0.3) is 17.7 Å². The zero-order chi connectivity index (χ0) is 24.4. The average Bonchev–Trinajstić information content (AvgIpc) is 3.45. The molecule has 10 nitrogen and oxygen atoms in total. The third kappa shape index (κ3) is 4.16. The van der Waals surface area contributed by atoms with Crippen molar-refractivity contribution in [2.75, 3.05) is 19.5 Å². The Balaban J connectivity index is 1.59. The molecular formula is C24H18N2O8. The fraction of sp³-hybridized carbons (Fsp3) is 0.125. The minimum Gasteiger partial charge on any atom is -0.467 e. The van der Waals surface area contributed by atoms with Crippen LogP contribution in [0.15, 0.2) is 59.2 Å². The number of nitrogens with one attached hydrogen (secondary N) is 1. The summed E-state index contributed by atoms with van der Waals surface area (Å²) in [5.41, 5.74) is 0.558. The number of esters is 2. The molecule has 0 saturated heterocycles. The number of anilines is 1. The maximum absolute atomic E-state index is 12.9. The molecule has 0 bridgehead atoms. The molecule has 2 aromatic carbocycles. The number of hydrogen-bond acceptors (Lipinski definition) is 8. The number of rotatable bonds is 6. The summed E-state index contributed by atoms with van der Waals surface area (Å²) in [5.74, 6) is -2.63. The SMILES string of the molecule is COC(=O)c1cc(NC(=O)c2ccc3c(c2)C(=O)N(Cc2ccco2)C3=O)cc(C(=O)OC)c1. The number of benzene rings is 2. The van der Waals surface area contributed by atoms with Crippen molar-refractivity contribution in [2.24, 2.45) is 0 Å². The van der Waals surface area contributed by atoms with Crippen LogP contribution in [-0.4, -0.2) is 48.8 Å². The van der Waals surface area contributed by atoms with Crippen LogP contribution < -0.4 is 5.32 Å². The fourth-order valence-electron chi connectivity index (χ4n) is 3.51. The van der Waals surface area contributed by atoms with E-state index in [1.54, 1.807) is 12.1 Å². The zero-order valence-electron chi connectivity index (χ0n) is 18.1. The Morgan fingerprint density at radius 3 is 2.09 bits per heavy atom. The second-order valence-electron chi connectivity index (χ2n) is 7.27. The maximum Gasteiger partial charge on any atom is 0.337 e. The van der Waals surface area contributed by atoms with Gasteiger partial charge in [0, 0.05) is 11.3 Å². The van der Waals surface area contributed by atoms with Gasteiger partial charge in [-0.25, -0.2) is 9.59 Å². The van der Waals surface area contributed by atoms with Crippen molar-refractivity contribution in [1.82, 2.24) is 4.90 Å². The molecule has 34 heavy (non-hydrogen) atoms. The quantitative estimate of drug-likeness (QED) is 0.437. The first-order valence-corrected chi connectivity index (χ1v) is 9.98. The van der Waals surface area contributed by atoms with Gasteiger partial charge in [-0.05, 0) is 48.5 Å². The van der Waals surface area contributed by atoms with Crippen molar-refractivity contribution in [3.8, 4) is 0 Å². The molecule has 1 aromatic heterocycles. The molecule has 2 heterocycles. The van der Waals surface area contributed by atoms with Gasteiger partial charge >= 0.3 is 11.9 Å². The number of fused-ring (bicyclic) bond motifs is 1. The van der Waals surface area contributed by atoms with E-state index in [4.69, 9.17) is 4.42 Å². The zero-order valence-corrected chi connectivity index (χ0v) is 18.1. The number of amides is 3. The van der Waals surface area contributed by atoms with Crippen LogP contribution in [0.2, 0.25) is 0 Å². The summed E-state index contributed by atoms with van der Waals surface area (Å²) in [6, 6.07) is 11.4. The number of hydrogen-bond donors (Lipinski definition) is 1. The molecule has 0 saturated carbocycles. The summed E-state index contributed by atoms with van der Waals surface area (Å²) in [5, 5.41) is 2.58. The Morgan fingerprint density at radius 1 is 0.853 bits per heavy atom. The molecule has 0 unspecified atom stereocenters. The molecule has 0 spiro atoms. The van der Waals surface area contributed by atoms with Gasteiger partial charge in [-0.3, -0.25) is 19.3 Å². The second kappa shape index (κ2) is 9.02. The summed E-state index contributed by atoms with van der Waals surface area (Å²) in [6.07, 6.45) is 1.44. The van der Waals surface area contributed by atoms with Crippen LogP contribution in [0.5, 0.6) is 0 Å². The van der Waals surface area contributed by atoms with Gasteiger partial charge in [0.1, 0.15) is 5.76 Å². The number of methoxy groups -OCH3 is 2. The molecule has 0 aliphatic carbocycles. The van der Waals surface area contributed by atoms with E-state index in [0.717, 1.165) is 4.90 Å². The van der Waals surface area contributed by atoms with Crippen LogP contribution in [0.25, 0.3) is 0 Å². The van der Waals surface area contributed by atoms with Crippen LogP contribution in [0.1, 0.15) is 57.6 Å². The lowest BCUT2D eigenvalue weighted by Gasteiger charge is -2.11. The van der Waals surface area contributed by atoms with Crippen molar-refractivity contribution in [1.29, 1.82) is 0 Å². The Kier molecular flexibility index (Phi) is 5.96. The van der Waals surface area contributed by atoms with E-state index in [2.05, 4.69) is 14.8 Å². The molecule has 3 aromatic rings. The molecular weight excluding hydrogens is 444 g/mol. The molecule has 1 aliphatic rings. The number of ether oxygens (including phenoxy) is 2. The second-order valence-corrected chi connectivity index (χ2v) is 7.27. The van der Waals surface area contributed by atoms with Crippen LogP contribution in [0.3, 0.4) is 0 Å². The molecule has 10 heteroatoms. The van der Waals surface area contributed by atoms with Crippen LogP contribution in [0.4, 0.5) is 5.69 Å². The van der Waals surface area contributed by atoms with Gasteiger partial charge in [0.2, 0.25) is 0 Å². The van der Waals surface area contributed by atoms with E-state index in [1.165, 1.54) is 56.9 Å². The summed E-state index contributed by atoms with van der Waals surface area (Å²) in [7, 11) is 2.37. The largest absolute Gasteiger partial charge is 0.467 e. The van der Waals surface area contributed by atoms with E-state index >= 15 is 0 Å². The molecule has 4 rings (SSSR count). The summed E-state index contributed by atoms with van der Waals surface area (Å²) in [4.78, 5) is 63.3. The highest BCUT2D eigenvalue weighted by Gasteiger charge is 2.36. The number of nitrogens with zero attached hydrogens (tertiary/aromatic N) is 1. The molecule has 0 atom stereocenters. The molecule has 1 N–H and O–H groups in total. The average molecular weight is 462 g/mol. The topological polar surface area (TPSA) is 132 Å². The molecule has 0 fully saturated rings. The van der Waals surface area contributed by atoms with Gasteiger partial charge in [-0.15, -0.1) is 0 Å². The molecule has 0 radical (unpaired) electrons. The van der Waals surface area contributed by atoms with E-state index in [-0.39, 0.29) is 40.0 Å².